The number of hydrazine groups is 1. The first-order valence-electron chi connectivity index (χ1n) is 15.0. The van der Waals surface area contributed by atoms with Crippen LogP contribution in [0.2, 0.25) is 0 Å². The minimum atomic E-state index is -4.54. The van der Waals surface area contributed by atoms with Crippen LogP contribution in [0.5, 0.6) is 0 Å². The van der Waals surface area contributed by atoms with Crippen molar-refractivity contribution in [3.8, 4) is 0 Å². The molecule has 6 rings (SSSR count). The highest BCUT2D eigenvalue weighted by atomic mass is 19.4. The Balaban J connectivity index is 1.29. The van der Waals surface area contributed by atoms with Crippen molar-refractivity contribution >= 4 is 5.52 Å². The standard InChI is InChI=1S/C29H43F3N6O2/c1-19-5-4-10-36(14-19)15-20-11-24(29(30,31)32)25-17-37(27(39)38(25)16-20)22-7-3-6-21(12-22)23(26-33-18-34-35-26)13-28(40-2)8-9-28/h11,16-17,19,21-23,26,33-35H,3-10,12-15,18H2,1-2H3/t19-,21?,22?,23+,26?/m0/s1. The SMILES string of the molecule is COC1(C[C@H](C2CCCC(n3cc4c(C(F)(F)F)cc(CN5CCC[C@H](C)C5)cn4c3=O)C2)C2NCNN2)CC1. The summed E-state index contributed by atoms with van der Waals surface area (Å²) >= 11 is 0. The number of imidazole rings is 1. The van der Waals surface area contributed by atoms with Crippen LogP contribution in [0.25, 0.3) is 5.52 Å². The molecule has 2 saturated heterocycles. The van der Waals surface area contributed by atoms with Gasteiger partial charge in [0.15, 0.2) is 0 Å². The second-order valence-electron chi connectivity index (χ2n) is 12.8. The van der Waals surface area contributed by atoms with Gasteiger partial charge < -0.3 is 4.74 Å². The summed E-state index contributed by atoms with van der Waals surface area (Å²) in [6.45, 7) is 5.02. The molecule has 4 heterocycles. The van der Waals surface area contributed by atoms with Crippen molar-refractivity contribution in [2.45, 2.75) is 95.2 Å². The maximum absolute atomic E-state index is 14.3. The summed E-state index contributed by atoms with van der Waals surface area (Å²) in [6, 6.07) is 1.12. The monoisotopic (exact) mass is 564 g/mol. The number of rotatable bonds is 8. The number of hydrogen-bond acceptors (Lipinski definition) is 6. The van der Waals surface area contributed by atoms with Crippen LogP contribution < -0.4 is 21.9 Å². The lowest BCUT2D eigenvalue weighted by atomic mass is 9.74. The molecule has 0 amide bonds. The maximum atomic E-state index is 14.3. The van der Waals surface area contributed by atoms with Crippen LogP contribution in [0.15, 0.2) is 23.3 Å². The molecule has 0 radical (unpaired) electrons. The van der Waals surface area contributed by atoms with Gasteiger partial charge in [-0.05, 0) is 87.3 Å². The van der Waals surface area contributed by atoms with Crippen LogP contribution in [-0.4, -0.2) is 52.5 Å². The minimum Gasteiger partial charge on any atom is -0.378 e. The summed E-state index contributed by atoms with van der Waals surface area (Å²) in [5.41, 5.74) is 5.86. The van der Waals surface area contributed by atoms with Gasteiger partial charge in [-0.3, -0.25) is 19.2 Å². The molecule has 2 saturated carbocycles. The van der Waals surface area contributed by atoms with E-state index < -0.39 is 11.7 Å². The quantitative estimate of drug-likeness (QED) is 0.445. The van der Waals surface area contributed by atoms with Gasteiger partial charge in [0, 0.05) is 38.6 Å². The highest BCUT2D eigenvalue weighted by molar-refractivity contribution is 5.56. The molecule has 222 valence electrons. The molecule has 8 nitrogen and oxygen atoms in total. The number of alkyl halides is 3. The number of nitrogens with zero attached hydrogens (tertiary/aromatic N) is 3. The molecule has 2 aliphatic carbocycles. The van der Waals surface area contributed by atoms with Gasteiger partial charge in [-0.25, -0.2) is 15.6 Å². The predicted octanol–water partition coefficient (Wildman–Crippen LogP) is 4.25. The van der Waals surface area contributed by atoms with Crippen molar-refractivity contribution < 1.29 is 17.9 Å². The van der Waals surface area contributed by atoms with E-state index >= 15 is 0 Å². The third kappa shape index (κ3) is 5.72. The fraction of sp³-hybridized carbons (Fsp3) is 0.759. The number of nitrogens with one attached hydrogen (secondary N) is 3. The molecule has 0 spiro atoms. The topological polar surface area (TPSA) is 75.0 Å². The molecule has 40 heavy (non-hydrogen) atoms. The summed E-state index contributed by atoms with van der Waals surface area (Å²) in [5, 5.41) is 3.50. The Labute approximate surface area is 233 Å². The van der Waals surface area contributed by atoms with E-state index in [2.05, 4.69) is 28.0 Å². The van der Waals surface area contributed by atoms with Crippen molar-refractivity contribution in [3.63, 3.8) is 0 Å². The summed E-state index contributed by atoms with van der Waals surface area (Å²) in [5.74, 6) is 1.14. The fourth-order valence-corrected chi connectivity index (χ4v) is 7.62. The first-order valence-corrected chi connectivity index (χ1v) is 15.0. The van der Waals surface area contributed by atoms with Gasteiger partial charge in [-0.2, -0.15) is 13.2 Å². The Morgan fingerprint density at radius 2 is 2.00 bits per heavy atom. The zero-order valence-electron chi connectivity index (χ0n) is 23.6. The molecule has 5 atom stereocenters. The number of methoxy groups -OCH3 is 1. The minimum absolute atomic E-state index is 0.0495. The third-order valence-electron chi connectivity index (χ3n) is 9.93. The molecule has 4 aliphatic rings. The third-order valence-corrected chi connectivity index (χ3v) is 9.93. The molecule has 2 aromatic rings. The van der Waals surface area contributed by atoms with E-state index in [0.717, 1.165) is 70.9 Å². The normalized spacial score (nSPS) is 30.1. The number of aromatic nitrogens is 2. The molecular formula is C29H43F3N6O2. The van der Waals surface area contributed by atoms with Gasteiger partial charge in [-0.1, -0.05) is 13.3 Å². The molecule has 2 aromatic heterocycles. The molecule has 11 heteroatoms. The van der Waals surface area contributed by atoms with Crippen LogP contribution >= 0.6 is 0 Å². The van der Waals surface area contributed by atoms with Crippen LogP contribution in [-0.2, 0) is 17.5 Å². The van der Waals surface area contributed by atoms with Gasteiger partial charge in [0.2, 0.25) is 0 Å². The number of pyridine rings is 1. The maximum Gasteiger partial charge on any atom is 0.418 e. The second kappa shape index (κ2) is 11.1. The lowest BCUT2D eigenvalue weighted by Crippen LogP contribution is -2.47. The highest BCUT2D eigenvalue weighted by Gasteiger charge is 2.48. The molecule has 2 aliphatic heterocycles. The van der Waals surface area contributed by atoms with E-state index in [1.807, 2.05) is 0 Å². The van der Waals surface area contributed by atoms with Crippen molar-refractivity contribution in [3.05, 3.63) is 40.1 Å². The van der Waals surface area contributed by atoms with Gasteiger partial charge in [-0.15, -0.1) is 0 Å². The highest BCUT2D eigenvalue weighted by Crippen LogP contribution is 2.49. The predicted molar refractivity (Wildman–Crippen MR) is 146 cm³/mol. The molecule has 4 fully saturated rings. The smallest absolute Gasteiger partial charge is 0.378 e. The van der Waals surface area contributed by atoms with Crippen LogP contribution in [0, 0.1) is 17.8 Å². The zero-order valence-corrected chi connectivity index (χ0v) is 23.6. The molecule has 3 unspecified atom stereocenters. The molecule has 3 N–H and O–H groups in total. The fourth-order valence-electron chi connectivity index (χ4n) is 7.62. The van der Waals surface area contributed by atoms with Crippen molar-refractivity contribution in [2.75, 3.05) is 26.9 Å². The average Bonchev–Trinajstić information content (AvgIpc) is 3.33. The first kappa shape index (κ1) is 28.2. The Bertz CT molecular complexity index is 1250. The number of likely N-dealkylation sites (tertiary alicyclic amines) is 1. The van der Waals surface area contributed by atoms with E-state index in [9.17, 15) is 18.0 Å². The zero-order chi connectivity index (χ0) is 28.1. The first-order chi connectivity index (χ1) is 19.2. The summed E-state index contributed by atoms with van der Waals surface area (Å²) in [7, 11) is 1.78. The van der Waals surface area contributed by atoms with Gasteiger partial charge in [0.25, 0.3) is 0 Å². The second-order valence-corrected chi connectivity index (χ2v) is 12.8. The lowest BCUT2D eigenvalue weighted by Gasteiger charge is -2.39. The van der Waals surface area contributed by atoms with Crippen molar-refractivity contribution in [1.29, 1.82) is 0 Å². The Kier molecular flexibility index (Phi) is 7.80. The lowest BCUT2D eigenvalue weighted by molar-refractivity contribution is -0.136. The Morgan fingerprint density at radius 3 is 2.67 bits per heavy atom. The van der Waals surface area contributed by atoms with E-state index in [1.54, 1.807) is 17.9 Å². The van der Waals surface area contributed by atoms with Crippen LogP contribution in [0.1, 0.15) is 81.9 Å². The number of hydrogen-bond donors (Lipinski definition) is 3. The largest absolute Gasteiger partial charge is 0.418 e. The van der Waals surface area contributed by atoms with Gasteiger partial charge in [0.05, 0.1) is 29.5 Å². The van der Waals surface area contributed by atoms with Crippen molar-refractivity contribution in [2.24, 2.45) is 17.8 Å². The number of piperidine rings is 1. The number of halogens is 3. The van der Waals surface area contributed by atoms with E-state index in [-0.39, 0.29) is 34.9 Å². The summed E-state index contributed by atoms with van der Waals surface area (Å²) in [4.78, 5) is 15.9. The van der Waals surface area contributed by atoms with E-state index in [1.165, 1.54) is 16.7 Å². The molecule has 0 bridgehead atoms. The Morgan fingerprint density at radius 1 is 1.18 bits per heavy atom. The number of fused-ring (bicyclic) bond motifs is 1. The summed E-state index contributed by atoms with van der Waals surface area (Å²) in [6.07, 6.45) is 7.41. The van der Waals surface area contributed by atoms with Crippen LogP contribution in [0.4, 0.5) is 13.2 Å². The summed E-state index contributed by atoms with van der Waals surface area (Å²) < 4.78 is 51.6. The van der Waals surface area contributed by atoms with Gasteiger partial charge in [0.1, 0.15) is 0 Å². The molecule has 0 aromatic carbocycles. The Hall–Kier alpha value is -1.92. The van der Waals surface area contributed by atoms with Crippen molar-refractivity contribution in [1.82, 2.24) is 30.0 Å². The van der Waals surface area contributed by atoms with Gasteiger partial charge >= 0.3 is 11.9 Å². The number of ether oxygens (including phenoxy) is 1. The molecular weight excluding hydrogens is 521 g/mol. The van der Waals surface area contributed by atoms with Crippen LogP contribution in [0.3, 0.4) is 0 Å². The van der Waals surface area contributed by atoms with E-state index in [0.29, 0.717) is 30.6 Å². The average molecular weight is 565 g/mol. The van der Waals surface area contributed by atoms with E-state index in [4.69, 9.17) is 4.74 Å².